The zero-order chi connectivity index (χ0) is 24.0. The van der Waals surface area contributed by atoms with Gasteiger partial charge in [-0.1, -0.05) is 122 Å². The molecular weight excluding hydrogens is 416 g/mol. The van der Waals surface area contributed by atoms with Gasteiger partial charge in [-0.05, 0) is 46.9 Å². The van der Waals surface area contributed by atoms with Gasteiger partial charge in [0.1, 0.15) is 5.69 Å². The number of fused-ring (bicyclic) bond motifs is 3. The minimum atomic E-state index is 0.00427. The van der Waals surface area contributed by atoms with Crippen molar-refractivity contribution in [2.24, 2.45) is 11.8 Å². The Morgan fingerprint density at radius 3 is 1.97 bits per heavy atom. The lowest BCUT2D eigenvalue weighted by atomic mass is 9.64. The first-order valence-electron chi connectivity index (χ1n) is 13.7. The van der Waals surface area contributed by atoms with Crippen molar-refractivity contribution < 1.29 is 4.52 Å². The lowest BCUT2D eigenvalue weighted by Gasteiger charge is -2.39. The molecule has 0 saturated carbocycles. The molecule has 1 aliphatic rings. The fourth-order valence-electron chi connectivity index (χ4n) is 6.44. The third-order valence-electron chi connectivity index (χ3n) is 8.27. The standard InChI is InChI=1S/C31H42N2O/c1-5-9-14-23(7-3)20-31(21-24(8-4)15-10-6-2)28-19-12-11-16-25(28)26-17-13-18-27(30(26)31)29-22-34-33-32-29/h11-13,16-19,22-24H,5-10,14-15,20-21H2,1-4H3. The molecule has 1 aromatic heterocycles. The maximum absolute atomic E-state index is 5.22. The normalized spacial score (nSPS) is 18.5. The summed E-state index contributed by atoms with van der Waals surface area (Å²) >= 11 is 0. The highest BCUT2D eigenvalue weighted by molar-refractivity contribution is 5.87. The molecule has 0 N–H and O–H groups in total. The Labute approximate surface area is 206 Å². The summed E-state index contributed by atoms with van der Waals surface area (Å²) in [5, 5.41) is 8.20. The van der Waals surface area contributed by atoms with Crippen molar-refractivity contribution in [3.05, 3.63) is 59.9 Å². The fraction of sp³-hybridized carbons (Fsp3) is 0.548. The summed E-state index contributed by atoms with van der Waals surface area (Å²) in [7, 11) is 0. The molecule has 1 aliphatic carbocycles. The molecule has 182 valence electrons. The van der Waals surface area contributed by atoms with E-state index in [2.05, 4.69) is 80.5 Å². The second-order valence-corrected chi connectivity index (χ2v) is 10.4. The van der Waals surface area contributed by atoms with E-state index in [9.17, 15) is 0 Å². The molecule has 0 fully saturated rings. The highest BCUT2D eigenvalue weighted by Gasteiger charge is 2.46. The van der Waals surface area contributed by atoms with Gasteiger partial charge in [-0.15, -0.1) is 5.10 Å². The van der Waals surface area contributed by atoms with Crippen molar-refractivity contribution in [3.8, 4) is 22.4 Å². The third-order valence-corrected chi connectivity index (χ3v) is 8.27. The van der Waals surface area contributed by atoms with E-state index in [0.29, 0.717) is 11.8 Å². The third kappa shape index (κ3) is 4.72. The van der Waals surface area contributed by atoms with Gasteiger partial charge in [0.15, 0.2) is 6.26 Å². The van der Waals surface area contributed by atoms with E-state index < -0.39 is 0 Å². The summed E-state index contributed by atoms with van der Waals surface area (Å²) in [5.41, 5.74) is 7.85. The molecule has 3 aromatic rings. The zero-order valence-electron chi connectivity index (χ0n) is 21.6. The van der Waals surface area contributed by atoms with E-state index in [1.807, 2.05) is 0 Å². The molecule has 0 radical (unpaired) electrons. The first-order chi connectivity index (χ1) is 16.7. The highest BCUT2D eigenvalue weighted by Crippen LogP contribution is 2.58. The van der Waals surface area contributed by atoms with E-state index in [4.69, 9.17) is 4.52 Å². The monoisotopic (exact) mass is 458 g/mol. The summed E-state index contributed by atoms with van der Waals surface area (Å²) in [6.07, 6.45) is 14.4. The second-order valence-electron chi connectivity index (χ2n) is 10.4. The average Bonchev–Trinajstić information content (AvgIpc) is 3.51. The summed E-state index contributed by atoms with van der Waals surface area (Å²) < 4.78 is 5.22. The largest absolute Gasteiger partial charge is 0.345 e. The Morgan fingerprint density at radius 1 is 0.765 bits per heavy atom. The van der Waals surface area contributed by atoms with Crippen LogP contribution >= 0.6 is 0 Å². The zero-order valence-corrected chi connectivity index (χ0v) is 21.6. The van der Waals surface area contributed by atoms with Crippen LogP contribution in [0.15, 0.2) is 53.3 Å². The lowest BCUT2D eigenvalue weighted by Crippen LogP contribution is -2.32. The van der Waals surface area contributed by atoms with Crippen molar-refractivity contribution >= 4 is 0 Å². The lowest BCUT2D eigenvalue weighted by molar-refractivity contribution is 0.266. The number of rotatable bonds is 13. The predicted molar refractivity (Wildman–Crippen MR) is 142 cm³/mol. The molecule has 0 amide bonds. The van der Waals surface area contributed by atoms with Crippen molar-refractivity contribution in [1.29, 1.82) is 0 Å². The van der Waals surface area contributed by atoms with Gasteiger partial charge >= 0.3 is 0 Å². The van der Waals surface area contributed by atoms with Crippen LogP contribution in [-0.4, -0.2) is 10.4 Å². The number of unbranched alkanes of at least 4 members (excludes halogenated alkanes) is 2. The van der Waals surface area contributed by atoms with Gasteiger partial charge < -0.3 is 4.52 Å². The van der Waals surface area contributed by atoms with E-state index in [1.165, 1.54) is 92.0 Å². The fourth-order valence-corrected chi connectivity index (χ4v) is 6.44. The molecule has 0 saturated heterocycles. The van der Waals surface area contributed by atoms with Gasteiger partial charge in [0.05, 0.1) is 0 Å². The summed E-state index contributed by atoms with van der Waals surface area (Å²) in [4.78, 5) is 0. The van der Waals surface area contributed by atoms with Crippen LogP contribution in [0, 0.1) is 11.8 Å². The minimum absolute atomic E-state index is 0.00427. The van der Waals surface area contributed by atoms with Gasteiger partial charge in [0.2, 0.25) is 0 Å². The van der Waals surface area contributed by atoms with Crippen molar-refractivity contribution in [1.82, 2.24) is 10.4 Å². The molecule has 3 heteroatoms. The number of nitrogens with zero attached hydrogens (tertiary/aromatic N) is 2. The topological polar surface area (TPSA) is 38.9 Å². The number of hydrogen-bond acceptors (Lipinski definition) is 3. The van der Waals surface area contributed by atoms with Crippen molar-refractivity contribution in [2.75, 3.05) is 0 Å². The molecule has 0 spiro atoms. The average molecular weight is 459 g/mol. The van der Waals surface area contributed by atoms with Gasteiger partial charge in [0, 0.05) is 16.2 Å². The SMILES string of the molecule is CCCCC(CC)CC1(CC(CC)CCCC)c2ccccc2-c2cccc(-c3conn3)c21. The van der Waals surface area contributed by atoms with Gasteiger partial charge in [-0.25, -0.2) is 0 Å². The van der Waals surface area contributed by atoms with Crippen LogP contribution in [0.4, 0.5) is 0 Å². The molecule has 2 unspecified atom stereocenters. The quantitative estimate of drug-likeness (QED) is 0.256. The summed E-state index contributed by atoms with van der Waals surface area (Å²) in [6.45, 7) is 9.40. The van der Waals surface area contributed by atoms with Crippen molar-refractivity contribution in [2.45, 2.75) is 97.3 Å². The summed E-state index contributed by atoms with van der Waals surface area (Å²) in [5.74, 6) is 1.43. The first-order valence-corrected chi connectivity index (χ1v) is 13.7. The number of benzene rings is 2. The smallest absolute Gasteiger partial charge is 0.152 e. The number of aromatic nitrogens is 2. The Balaban J connectivity index is 1.92. The molecular formula is C31H42N2O. The van der Waals surface area contributed by atoms with E-state index in [0.717, 1.165) is 5.69 Å². The predicted octanol–water partition coefficient (Wildman–Crippen LogP) is 9.22. The molecule has 4 rings (SSSR count). The van der Waals surface area contributed by atoms with E-state index in [-0.39, 0.29) is 5.41 Å². The first kappa shape index (κ1) is 24.7. The molecule has 2 atom stereocenters. The highest BCUT2D eigenvalue weighted by atomic mass is 16.5. The minimum Gasteiger partial charge on any atom is -0.345 e. The maximum atomic E-state index is 5.22. The van der Waals surface area contributed by atoms with Crippen LogP contribution in [-0.2, 0) is 5.41 Å². The second kappa shape index (κ2) is 11.3. The van der Waals surface area contributed by atoms with Crippen LogP contribution in [0.2, 0.25) is 0 Å². The van der Waals surface area contributed by atoms with Crippen molar-refractivity contribution in [3.63, 3.8) is 0 Å². The van der Waals surface area contributed by atoms with Crippen LogP contribution in [0.25, 0.3) is 22.4 Å². The molecule has 0 bridgehead atoms. The van der Waals surface area contributed by atoms with Crippen LogP contribution in [0.5, 0.6) is 0 Å². The van der Waals surface area contributed by atoms with Crippen LogP contribution in [0.1, 0.15) is 103 Å². The molecule has 0 aliphatic heterocycles. The Bertz CT molecular complexity index is 1020. The Kier molecular flexibility index (Phi) is 8.24. The molecule has 2 aromatic carbocycles. The van der Waals surface area contributed by atoms with Gasteiger partial charge in [-0.2, -0.15) is 0 Å². The molecule has 34 heavy (non-hydrogen) atoms. The van der Waals surface area contributed by atoms with E-state index in [1.54, 1.807) is 6.26 Å². The van der Waals surface area contributed by atoms with Crippen LogP contribution < -0.4 is 0 Å². The maximum Gasteiger partial charge on any atom is 0.152 e. The van der Waals surface area contributed by atoms with Crippen LogP contribution in [0.3, 0.4) is 0 Å². The van der Waals surface area contributed by atoms with Gasteiger partial charge in [-0.3, -0.25) is 0 Å². The summed E-state index contributed by atoms with van der Waals surface area (Å²) in [6, 6.07) is 15.9. The number of hydrogen-bond donors (Lipinski definition) is 0. The van der Waals surface area contributed by atoms with E-state index >= 15 is 0 Å². The molecule has 1 heterocycles. The van der Waals surface area contributed by atoms with Gasteiger partial charge in [0.25, 0.3) is 0 Å². The molecule has 3 nitrogen and oxygen atoms in total. The Morgan fingerprint density at radius 2 is 1.38 bits per heavy atom. The Hall–Kier alpha value is -2.42.